The summed E-state index contributed by atoms with van der Waals surface area (Å²) in [5.74, 6) is 0. The number of halogens is 2. The summed E-state index contributed by atoms with van der Waals surface area (Å²) in [4.78, 5) is 4.13. The van der Waals surface area contributed by atoms with Crippen LogP contribution in [0.4, 0.5) is 0 Å². The number of rotatable bonds is 1. The lowest BCUT2D eigenvalue weighted by atomic mass is 10.1. The smallest absolute Gasteiger partial charge is 0.170 e. The number of hydrogen-bond acceptors (Lipinski definition) is 2. The molecule has 0 aromatic heterocycles. The molecule has 1 aromatic rings. The van der Waals surface area contributed by atoms with Crippen LogP contribution in [0.15, 0.2) is 23.2 Å². The number of nitrogens with zero attached hydrogens (tertiary/aromatic N) is 1. The molecule has 1 heterocycles. The fourth-order valence-corrected chi connectivity index (χ4v) is 1.50. The summed E-state index contributed by atoms with van der Waals surface area (Å²) in [7, 11) is 0. The molecule has 1 aliphatic rings. The Kier molecular flexibility index (Phi) is 2.42. The standard InChI is InChI=1S/C9H7Cl2NO/c10-7-2-1-6(3-8(7)11)9-4-13-5-12-9/h1-3,5,9H,4H2. The van der Waals surface area contributed by atoms with E-state index in [4.69, 9.17) is 27.9 Å². The summed E-state index contributed by atoms with van der Waals surface area (Å²) in [6.45, 7) is 0.581. The Labute approximate surface area is 86.1 Å². The van der Waals surface area contributed by atoms with Crippen LogP contribution in [0.3, 0.4) is 0 Å². The largest absolute Gasteiger partial charge is 0.481 e. The van der Waals surface area contributed by atoms with E-state index in [0.717, 1.165) is 5.56 Å². The van der Waals surface area contributed by atoms with Crippen LogP contribution in [0.1, 0.15) is 11.6 Å². The lowest BCUT2D eigenvalue weighted by molar-refractivity contribution is 0.330. The summed E-state index contributed by atoms with van der Waals surface area (Å²) in [6.07, 6.45) is 1.47. The summed E-state index contributed by atoms with van der Waals surface area (Å²) in [5.41, 5.74) is 1.03. The van der Waals surface area contributed by atoms with E-state index in [2.05, 4.69) is 4.99 Å². The third kappa shape index (κ3) is 1.79. The predicted molar refractivity (Wildman–Crippen MR) is 53.6 cm³/mol. The Bertz CT molecular complexity index is 351. The highest BCUT2D eigenvalue weighted by Crippen LogP contribution is 2.28. The Morgan fingerprint density at radius 1 is 1.31 bits per heavy atom. The van der Waals surface area contributed by atoms with Gasteiger partial charge in [-0.25, -0.2) is 4.99 Å². The van der Waals surface area contributed by atoms with Gasteiger partial charge in [-0.15, -0.1) is 0 Å². The SMILES string of the molecule is Clc1ccc(C2COC=N2)cc1Cl. The average Bonchev–Trinajstić information content (AvgIpc) is 2.62. The van der Waals surface area contributed by atoms with Crippen LogP contribution in [0.25, 0.3) is 0 Å². The normalized spacial score (nSPS) is 20.3. The molecule has 4 heteroatoms. The first-order valence-corrected chi connectivity index (χ1v) is 4.61. The van der Waals surface area contributed by atoms with Crippen molar-refractivity contribution in [2.75, 3.05) is 6.61 Å². The van der Waals surface area contributed by atoms with Gasteiger partial charge in [-0.2, -0.15) is 0 Å². The molecule has 0 N–H and O–H groups in total. The summed E-state index contributed by atoms with van der Waals surface area (Å²) < 4.78 is 5.01. The Morgan fingerprint density at radius 2 is 2.15 bits per heavy atom. The second kappa shape index (κ2) is 3.56. The molecule has 13 heavy (non-hydrogen) atoms. The van der Waals surface area contributed by atoms with Gasteiger partial charge in [0.05, 0.1) is 10.0 Å². The first kappa shape index (κ1) is 8.85. The van der Waals surface area contributed by atoms with Crippen LogP contribution >= 0.6 is 23.2 Å². The van der Waals surface area contributed by atoms with Crippen LogP contribution in [-0.4, -0.2) is 13.0 Å². The van der Waals surface area contributed by atoms with Gasteiger partial charge in [0, 0.05) is 0 Å². The van der Waals surface area contributed by atoms with Crippen LogP contribution in [-0.2, 0) is 4.74 Å². The maximum atomic E-state index is 5.87. The van der Waals surface area contributed by atoms with Gasteiger partial charge >= 0.3 is 0 Å². The van der Waals surface area contributed by atoms with Crippen molar-refractivity contribution in [2.24, 2.45) is 4.99 Å². The van der Waals surface area contributed by atoms with Crippen LogP contribution in [0.2, 0.25) is 10.0 Å². The van der Waals surface area contributed by atoms with Crippen molar-refractivity contribution in [1.82, 2.24) is 0 Å². The lowest BCUT2D eigenvalue weighted by Crippen LogP contribution is -1.96. The van der Waals surface area contributed by atoms with E-state index < -0.39 is 0 Å². The van der Waals surface area contributed by atoms with Crippen molar-refractivity contribution in [3.05, 3.63) is 33.8 Å². The lowest BCUT2D eigenvalue weighted by Gasteiger charge is -2.06. The molecule has 1 unspecified atom stereocenters. The highest BCUT2D eigenvalue weighted by atomic mass is 35.5. The van der Waals surface area contributed by atoms with E-state index in [9.17, 15) is 0 Å². The van der Waals surface area contributed by atoms with Gasteiger partial charge in [-0.1, -0.05) is 29.3 Å². The van der Waals surface area contributed by atoms with Crippen molar-refractivity contribution in [3.8, 4) is 0 Å². The summed E-state index contributed by atoms with van der Waals surface area (Å²) in [5, 5.41) is 1.12. The number of ether oxygens (including phenoxy) is 1. The van der Waals surface area contributed by atoms with Crippen LogP contribution in [0, 0.1) is 0 Å². The molecule has 0 bridgehead atoms. The molecular formula is C9H7Cl2NO. The molecule has 2 nitrogen and oxygen atoms in total. The quantitative estimate of drug-likeness (QED) is 0.706. The van der Waals surface area contributed by atoms with E-state index in [1.54, 1.807) is 6.07 Å². The molecule has 1 aliphatic heterocycles. The Hall–Kier alpha value is -0.730. The molecule has 0 amide bonds. The molecule has 0 fully saturated rings. The highest BCUT2D eigenvalue weighted by molar-refractivity contribution is 6.42. The third-order valence-corrected chi connectivity index (χ3v) is 2.64. The molecule has 0 saturated heterocycles. The minimum Gasteiger partial charge on any atom is -0.481 e. The molecule has 0 radical (unpaired) electrons. The van der Waals surface area contributed by atoms with Gasteiger partial charge in [-0.05, 0) is 17.7 Å². The van der Waals surface area contributed by atoms with Gasteiger partial charge in [0.25, 0.3) is 0 Å². The second-order valence-corrected chi connectivity index (χ2v) is 3.59. The minimum atomic E-state index is 0.0646. The van der Waals surface area contributed by atoms with E-state index in [-0.39, 0.29) is 6.04 Å². The fourth-order valence-electron chi connectivity index (χ4n) is 1.20. The zero-order valence-corrected chi connectivity index (χ0v) is 8.22. The average molecular weight is 216 g/mol. The van der Waals surface area contributed by atoms with Crippen LogP contribution < -0.4 is 0 Å². The second-order valence-electron chi connectivity index (χ2n) is 2.78. The number of aliphatic imine (C=N–C) groups is 1. The zero-order valence-electron chi connectivity index (χ0n) is 6.71. The molecule has 2 rings (SSSR count). The minimum absolute atomic E-state index is 0.0646. The Morgan fingerprint density at radius 3 is 2.77 bits per heavy atom. The monoisotopic (exact) mass is 215 g/mol. The molecule has 0 aliphatic carbocycles. The zero-order chi connectivity index (χ0) is 9.26. The molecule has 1 aromatic carbocycles. The number of hydrogen-bond donors (Lipinski definition) is 0. The van der Waals surface area contributed by atoms with Crippen molar-refractivity contribution in [1.29, 1.82) is 0 Å². The molecular weight excluding hydrogens is 209 g/mol. The number of benzene rings is 1. The van der Waals surface area contributed by atoms with E-state index in [1.165, 1.54) is 6.40 Å². The van der Waals surface area contributed by atoms with Gasteiger partial charge in [-0.3, -0.25) is 0 Å². The van der Waals surface area contributed by atoms with Gasteiger partial charge in [0.15, 0.2) is 6.40 Å². The molecule has 1 atom stereocenters. The van der Waals surface area contributed by atoms with Gasteiger partial charge in [0.1, 0.15) is 12.6 Å². The van der Waals surface area contributed by atoms with Crippen molar-refractivity contribution < 1.29 is 4.74 Å². The Balaban J connectivity index is 2.30. The van der Waals surface area contributed by atoms with E-state index in [1.807, 2.05) is 12.1 Å². The first-order chi connectivity index (χ1) is 6.27. The van der Waals surface area contributed by atoms with Gasteiger partial charge in [0.2, 0.25) is 0 Å². The predicted octanol–water partition coefficient (Wildman–Crippen LogP) is 3.09. The van der Waals surface area contributed by atoms with Crippen molar-refractivity contribution >= 4 is 29.6 Å². The molecule has 68 valence electrons. The highest BCUT2D eigenvalue weighted by Gasteiger charge is 2.14. The topological polar surface area (TPSA) is 21.6 Å². The van der Waals surface area contributed by atoms with E-state index >= 15 is 0 Å². The summed E-state index contributed by atoms with van der Waals surface area (Å²) >= 11 is 11.7. The maximum absolute atomic E-state index is 5.87. The van der Waals surface area contributed by atoms with Crippen molar-refractivity contribution in [3.63, 3.8) is 0 Å². The molecule has 0 spiro atoms. The third-order valence-electron chi connectivity index (χ3n) is 1.90. The molecule has 0 saturated carbocycles. The van der Waals surface area contributed by atoms with Crippen LogP contribution in [0.5, 0.6) is 0 Å². The first-order valence-electron chi connectivity index (χ1n) is 3.85. The maximum Gasteiger partial charge on any atom is 0.170 e. The fraction of sp³-hybridized carbons (Fsp3) is 0.222. The van der Waals surface area contributed by atoms with E-state index in [0.29, 0.717) is 16.7 Å². The van der Waals surface area contributed by atoms with Gasteiger partial charge < -0.3 is 4.74 Å². The van der Waals surface area contributed by atoms with Crippen molar-refractivity contribution in [2.45, 2.75) is 6.04 Å². The summed E-state index contributed by atoms with van der Waals surface area (Å²) in [6, 6.07) is 5.56.